The Bertz CT molecular complexity index is 562. The number of halogens is 1. The number of carboxylic acids is 1. The molecular formula is C15H19BrN2O3. The van der Waals surface area contributed by atoms with Gasteiger partial charge >= 0.3 is 12.0 Å². The first-order valence-corrected chi connectivity index (χ1v) is 7.77. The normalized spacial score (nSPS) is 24.6. The van der Waals surface area contributed by atoms with Gasteiger partial charge in [-0.1, -0.05) is 29.8 Å². The third kappa shape index (κ3) is 3.97. The van der Waals surface area contributed by atoms with Crippen molar-refractivity contribution in [2.75, 3.05) is 5.32 Å². The minimum Gasteiger partial charge on any atom is -0.478 e. The highest BCUT2D eigenvalue weighted by atomic mass is 79.9. The second kappa shape index (κ2) is 6.47. The maximum absolute atomic E-state index is 12.0. The van der Waals surface area contributed by atoms with Crippen LogP contribution in [0, 0.1) is 11.8 Å². The van der Waals surface area contributed by atoms with Crippen molar-refractivity contribution in [3.63, 3.8) is 0 Å². The molecule has 0 heterocycles. The molecule has 3 unspecified atom stereocenters. The highest BCUT2D eigenvalue weighted by Crippen LogP contribution is 2.31. The molecule has 1 aromatic carbocycles. The monoisotopic (exact) mass is 354 g/mol. The van der Waals surface area contributed by atoms with Crippen LogP contribution in [0.25, 0.3) is 0 Å². The van der Waals surface area contributed by atoms with Gasteiger partial charge in [-0.25, -0.2) is 9.59 Å². The number of hydrogen-bond donors (Lipinski definition) is 3. The second-order valence-corrected chi connectivity index (χ2v) is 6.57. The van der Waals surface area contributed by atoms with E-state index in [1.54, 1.807) is 6.07 Å². The average Bonchev–Trinajstić information content (AvgIpc) is 2.70. The number of carbonyl (C=O) groups excluding carboxylic acids is 1. The molecule has 114 valence electrons. The van der Waals surface area contributed by atoms with Crippen LogP contribution in [-0.2, 0) is 0 Å². The number of urea groups is 1. The Hall–Kier alpha value is -1.56. The first kappa shape index (κ1) is 15.8. The van der Waals surface area contributed by atoms with E-state index in [-0.39, 0.29) is 17.6 Å². The van der Waals surface area contributed by atoms with Crippen molar-refractivity contribution >= 4 is 33.6 Å². The van der Waals surface area contributed by atoms with E-state index in [0.717, 1.165) is 12.8 Å². The van der Waals surface area contributed by atoms with E-state index in [1.165, 1.54) is 12.1 Å². The number of rotatable bonds is 3. The van der Waals surface area contributed by atoms with Crippen LogP contribution < -0.4 is 10.6 Å². The van der Waals surface area contributed by atoms with E-state index in [2.05, 4.69) is 40.4 Å². The smallest absolute Gasteiger partial charge is 0.335 e. The summed E-state index contributed by atoms with van der Waals surface area (Å²) in [4.78, 5) is 23.0. The molecular weight excluding hydrogens is 336 g/mol. The number of benzene rings is 1. The molecule has 0 radical (unpaired) electrons. The van der Waals surface area contributed by atoms with Crippen LogP contribution in [0.1, 0.15) is 37.0 Å². The van der Waals surface area contributed by atoms with Crippen molar-refractivity contribution in [2.45, 2.75) is 32.7 Å². The summed E-state index contributed by atoms with van der Waals surface area (Å²) in [7, 11) is 0. The predicted molar refractivity (Wildman–Crippen MR) is 84.6 cm³/mol. The second-order valence-electron chi connectivity index (χ2n) is 5.65. The predicted octanol–water partition coefficient (Wildman–Crippen LogP) is 3.70. The van der Waals surface area contributed by atoms with E-state index >= 15 is 0 Å². The summed E-state index contributed by atoms with van der Waals surface area (Å²) in [6.45, 7) is 4.34. The maximum Gasteiger partial charge on any atom is 0.335 e. The molecule has 2 rings (SSSR count). The number of anilines is 1. The fourth-order valence-corrected chi connectivity index (χ4v) is 3.18. The molecule has 21 heavy (non-hydrogen) atoms. The van der Waals surface area contributed by atoms with E-state index < -0.39 is 5.97 Å². The number of carbonyl (C=O) groups is 2. The molecule has 0 aliphatic heterocycles. The van der Waals surface area contributed by atoms with Crippen molar-refractivity contribution in [1.29, 1.82) is 0 Å². The molecule has 0 saturated heterocycles. The molecule has 0 bridgehead atoms. The molecule has 3 atom stereocenters. The first-order valence-electron chi connectivity index (χ1n) is 6.98. The first-order chi connectivity index (χ1) is 9.86. The third-order valence-corrected chi connectivity index (χ3v) is 4.64. The minimum absolute atomic E-state index is 0.127. The molecule has 3 N–H and O–H groups in total. The lowest BCUT2D eigenvalue weighted by Gasteiger charge is -2.20. The van der Waals surface area contributed by atoms with Crippen LogP contribution in [0.15, 0.2) is 22.7 Å². The highest BCUT2D eigenvalue weighted by molar-refractivity contribution is 9.10. The van der Waals surface area contributed by atoms with Crippen LogP contribution in [0.3, 0.4) is 0 Å². The largest absolute Gasteiger partial charge is 0.478 e. The van der Waals surface area contributed by atoms with Crippen LogP contribution in [0.5, 0.6) is 0 Å². The van der Waals surface area contributed by atoms with Crippen molar-refractivity contribution in [2.24, 2.45) is 11.8 Å². The third-order valence-electron chi connectivity index (χ3n) is 4.18. The summed E-state index contributed by atoms with van der Waals surface area (Å²) < 4.78 is 0.612. The lowest BCUT2D eigenvalue weighted by Crippen LogP contribution is -2.40. The minimum atomic E-state index is -1.03. The molecule has 2 amide bonds. The van der Waals surface area contributed by atoms with Crippen LogP contribution >= 0.6 is 15.9 Å². The lowest BCUT2D eigenvalue weighted by atomic mass is 9.98. The van der Waals surface area contributed by atoms with Gasteiger partial charge in [0.15, 0.2) is 0 Å². The zero-order chi connectivity index (χ0) is 15.6. The van der Waals surface area contributed by atoms with E-state index in [4.69, 9.17) is 5.11 Å². The van der Waals surface area contributed by atoms with Gasteiger partial charge in [0.25, 0.3) is 0 Å². The summed E-state index contributed by atoms with van der Waals surface area (Å²) in [5.74, 6) is 0.0330. The summed E-state index contributed by atoms with van der Waals surface area (Å²) in [5.41, 5.74) is 0.584. The summed E-state index contributed by atoms with van der Waals surface area (Å²) in [6, 6.07) is 4.48. The molecule has 1 aliphatic rings. The zero-order valence-electron chi connectivity index (χ0n) is 12.0. The van der Waals surface area contributed by atoms with Gasteiger partial charge < -0.3 is 15.7 Å². The fourth-order valence-electron chi connectivity index (χ4n) is 2.69. The summed E-state index contributed by atoms with van der Waals surface area (Å²) >= 11 is 3.24. The van der Waals surface area contributed by atoms with E-state index in [9.17, 15) is 9.59 Å². The molecule has 1 aliphatic carbocycles. The van der Waals surface area contributed by atoms with Gasteiger partial charge in [0, 0.05) is 16.2 Å². The Morgan fingerprint density at radius 3 is 2.52 bits per heavy atom. The van der Waals surface area contributed by atoms with E-state index in [0.29, 0.717) is 22.0 Å². The number of amides is 2. The summed E-state index contributed by atoms with van der Waals surface area (Å²) in [6.07, 6.45) is 2.10. The summed E-state index contributed by atoms with van der Waals surface area (Å²) in [5, 5.41) is 14.7. The fraction of sp³-hybridized carbons (Fsp3) is 0.467. The molecule has 0 aromatic heterocycles. The highest BCUT2D eigenvalue weighted by Gasteiger charge is 2.30. The average molecular weight is 355 g/mol. The Morgan fingerprint density at radius 2 is 1.95 bits per heavy atom. The molecule has 5 nitrogen and oxygen atoms in total. The van der Waals surface area contributed by atoms with Crippen LogP contribution in [0.2, 0.25) is 0 Å². The van der Waals surface area contributed by atoms with Crippen LogP contribution in [0.4, 0.5) is 10.5 Å². The number of carboxylic acid groups (broad SMARTS) is 1. The number of nitrogens with one attached hydrogen (secondary N) is 2. The van der Waals surface area contributed by atoms with Gasteiger partial charge in [-0.05, 0) is 42.9 Å². The lowest BCUT2D eigenvalue weighted by molar-refractivity contribution is 0.0697. The zero-order valence-corrected chi connectivity index (χ0v) is 13.6. The quantitative estimate of drug-likeness (QED) is 0.774. The number of aromatic carboxylic acids is 1. The topological polar surface area (TPSA) is 78.4 Å². The Balaban J connectivity index is 2.01. The molecule has 1 saturated carbocycles. The molecule has 0 spiro atoms. The van der Waals surface area contributed by atoms with Gasteiger partial charge in [0.05, 0.1) is 5.56 Å². The Labute approximate surface area is 132 Å². The molecule has 1 fully saturated rings. The van der Waals surface area contributed by atoms with Crippen molar-refractivity contribution in [1.82, 2.24) is 5.32 Å². The number of hydrogen-bond acceptors (Lipinski definition) is 2. The van der Waals surface area contributed by atoms with Gasteiger partial charge in [-0.2, -0.15) is 0 Å². The Kier molecular flexibility index (Phi) is 4.88. The van der Waals surface area contributed by atoms with Gasteiger partial charge in [-0.3, -0.25) is 0 Å². The van der Waals surface area contributed by atoms with Gasteiger partial charge in [0.2, 0.25) is 0 Å². The van der Waals surface area contributed by atoms with E-state index in [1.807, 2.05) is 0 Å². The molecule has 1 aromatic rings. The molecule has 6 heteroatoms. The van der Waals surface area contributed by atoms with Crippen LogP contribution in [-0.4, -0.2) is 23.1 Å². The van der Waals surface area contributed by atoms with Gasteiger partial charge in [-0.15, -0.1) is 0 Å². The maximum atomic E-state index is 12.0. The standard InChI is InChI=1S/C15H19BrN2O3/c1-8-3-4-13(9(8)2)18-15(21)17-12-6-10(14(19)20)5-11(16)7-12/h5-9,13H,3-4H2,1-2H3,(H,19,20)(H2,17,18,21). The van der Waals surface area contributed by atoms with Crippen molar-refractivity contribution < 1.29 is 14.7 Å². The SMILES string of the molecule is CC1CCC(NC(=O)Nc2cc(Br)cc(C(=O)O)c2)C1C. The van der Waals surface area contributed by atoms with Crippen molar-refractivity contribution in [3.05, 3.63) is 28.2 Å². The van der Waals surface area contributed by atoms with Gasteiger partial charge in [0.1, 0.15) is 0 Å². The Morgan fingerprint density at radius 1 is 1.24 bits per heavy atom. The van der Waals surface area contributed by atoms with Crippen molar-refractivity contribution in [3.8, 4) is 0 Å².